The second-order valence-electron chi connectivity index (χ2n) is 7.31. The van der Waals surface area contributed by atoms with Crippen LogP contribution in [0.5, 0.6) is 0 Å². The molecule has 3 rings (SSSR count). The van der Waals surface area contributed by atoms with Gasteiger partial charge in [-0.2, -0.15) is 15.0 Å². The molecule has 0 bridgehead atoms. The van der Waals surface area contributed by atoms with Gasteiger partial charge in [-0.15, -0.1) is 0 Å². The molecule has 1 atom stereocenters. The van der Waals surface area contributed by atoms with Gasteiger partial charge in [0.05, 0.1) is 5.69 Å². The average Bonchev–Trinajstić information content (AvgIpc) is 3.06. The van der Waals surface area contributed by atoms with Crippen molar-refractivity contribution in [2.45, 2.75) is 61.5 Å². The van der Waals surface area contributed by atoms with Crippen molar-refractivity contribution >= 4 is 47.0 Å². The lowest BCUT2D eigenvalue weighted by Crippen LogP contribution is -2.31. The number of hydrogen-bond donors (Lipinski definition) is 0. The third-order valence-electron chi connectivity index (χ3n) is 4.98. The smallest absolute Gasteiger partial charge is 0.247 e. The fourth-order valence-electron chi connectivity index (χ4n) is 3.29. The molecule has 2 amide bonds. The Morgan fingerprint density at radius 1 is 1.00 bits per heavy atom. The van der Waals surface area contributed by atoms with E-state index in [4.69, 9.17) is 0 Å². The number of para-hydroxylation sites is 1. The maximum absolute atomic E-state index is 13.0. The predicted octanol–water partition coefficient (Wildman–Crippen LogP) is 4.42. The minimum Gasteiger partial charge on any atom is -0.341 e. The van der Waals surface area contributed by atoms with Crippen LogP contribution in [0.15, 0.2) is 40.6 Å². The molecule has 2 heterocycles. The quantitative estimate of drug-likeness (QED) is 0.361. The Kier molecular flexibility index (Phi) is 8.71. The van der Waals surface area contributed by atoms with Crippen molar-refractivity contribution < 1.29 is 9.59 Å². The second-order valence-corrected chi connectivity index (χ2v) is 9.26. The Labute approximate surface area is 192 Å². The number of anilines is 2. The zero-order chi connectivity index (χ0) is 22.2. The summed E-state index contributed by atoms with van der Waals surface area (Å²) in [5.74, 6) is 0.240. The maximum atomic E-state index is 13.0. The number of rotatable bonds is 11. The van der Waals surface area contributed by atoms with Crippen molar-refractivity contribution in [3.8, 4) is 0 Å². The first-order chi connectivity index (χ1) is 15.1. The van der Waals surface area contributed by atoms with Crippen molar-refractivity contribution in [1.29, 1.82) is 0 Å². The number of thioether (sulfide) groups is 2. The van der Waals surface area contributed by atoms with Crippen molar-refractivity contribution in [2.24, 2.45) is 0 Å². The Morgan fingerprint density at radius 3 is 2.26 bits per heavy atom. The molecule has 0 radical (unpaired) electrons. The summed E-state index contributed by atoms with van der Waals surface area (Å²) in [6, 6.07) is 9.05. The highest BCUT2D eigenvalue weighted by Crippen LogP contribution is 2.33. The van der Waals surface area contributed by atoms with Crippen LogP contribution in [-0.2, 0) is 9.59 Å². The first-order valence-corrected chi connectivity index (χ1v) is 12.8. The van der Waals surface area contributed by atoms with E-state index < -0.39 is 5.25 Å². The molecule has 0 aliphatic carbocycles. The summed E-state index contributed by atoms with van der Waals surface area (Å²) in [4.78, 5) is 42.8. The summed E-state index contributed by atoms with van der Waals surface area (Å²) in [6.07, 6.45) is 6.39. The van der Waals surface area contributed by atoms with Gasteiger partial charge in [-0.3, -0.25) is 9.59 Å². The molecular weight excluding hydrogens is 430 g/mol. The van der Waals surface area contributed by atoms with Crippen LogP contribution in [0.3, 0.4) is 0 Å². The summed E-state index contributed by atoms with van der Waals surface area (Å²) in [5, 5.41) is 0.591. The van der Waals surface area contributed by atoms with Gasteiger partial charge in [-0.1, -0.05) is 68.4 Å². The molecule has 1 unspecified atom stereocenters. The van der Waals surface area contributed by atoms with Crippen molar-refractivity contribution in [3.63, 3.8) is 0 Å². The third-order valence-corrected chi connectivity index (χ3v) is 6.57. The van der Waals surface area contributed by atoms with E-state index in [1.54, 1.807) is 12.1 Å². The lowest BCUT2D eigenvalue weighted by Gasteiger charge is -2.23. The molecule has 1 fully saturated rings. The highest BCUT2D eigenvalue weighted by atomic mass is 32.2. The fourth-order valence-corrected chi connectivity index (χ4v) is 4.66. The number of imide groups is 1. The van der Waals surface area contributed by atoms with Gasteiger partial charge in [0.25, 0.3) is 0 Å². The molecule has 0 N–H and O–H groups in total. The number of amides is 2. The number of aromatic nitrogens is 3. The lowest BCUT2D eigenvalue weighted by atomic mass is 10.3. The van der Waals surface area contributed by atoms with Crippen LogP contribution in [0.2, 0.25) is 0 Å². The number of carbonyl (C=O) groups is 2. The summed E-state index contributed by atoms with van der Waals surface area (Å²) >= 11 is 2.71. The van der Waals surface area contributed by atoms with Crippen LogP contribution < -0.4 is 9.80 Å². The lowest BCUT2D eigenvalue weighted by molar-refractivity contribution is -0.121. The Morgan fingerprint density at radius 2 is 1.65 bits per heavy atom. The van der Waals surface area contributed by atoms with Gasteiger partial charge in [-0.25, -0.2) is 4.90 Å². The Hall–Kier alpha value is -2.13. The van der Waals surface area contributed by atoms with Crippen molar-refractivity contribution in [3.05, 3.63) is 30.3 Å². The van der Waals surface area contributed by atoms with Gasteiger partial charge in [0.1, 0.15) is 5.25 Å². The van der Waals surface area contributed by atoms with Gasteiger partial charge in [0, 0.05) is 19.5 Å². The molecule has 2 aromatic rings. The molecule has 1 aromatic heterocycles. The van der Waals surface area contributed by atoms with E-state index in [0.717, 1.165) is 38.8 Å². The molecule has 7 nitrogen and oxygen atoms in total. The van der Waals surface area contributed by atoms with Gasteiger partial charge in [0.15, 0.2) is 10.3 Å². The monoisotopic (exact) mass is 459 g/mol. The molecular formula is C22H29N5O2S2. The number of hydrogen-bond acceptors (Lipinski definition) is 8. The summed E-state index contributed by atoms with van der Waals surface area (Å²) < 4.78 is 0. The van der Waals surface area contributed by atoms with E-state index >= 15 is 0 Å². The zero-order valence-corrected chi connectivity index (χ0v) is 19.9. The SMILES string of the molecule is CCCCN(CCCC)c1nc(SC)nc(SC2CC(=O)N(c3ccccc3)C2=O)n1. The molecule has 166 valence electrons. The number of unbranched alkanes of at least 4 members (excludes halogenated alkanes) is 2. The van der Waals surface area contributed by atoms with E-state index in [1.807, 2.05) is 24.5 Å². The first-order valence-electron chi connectivity index (χ1n) is 10.7. The summed E-state index contributed by atoms with van der Waals surface area (Å²) in [7, 11) is 0. The highest BCUT2D eigenvalue weighted by molar-refractivity contribution is 8.00. The number of benzene rings is 1. The standard InChI is InChI=1S/C22H29N5O2S2/c1-4-6-13-26(14-7-5-2)20-23-21(30-3)25-22(24-20)31-17-15-18(28)27(19(17)29)16-11-9-8-10-12-16/h8-12,17H,4-7,13-15H2,1-3H3. The van der Waals surface area contributed by atoms with Crippen LogP contribution in [0.4, 0.5) is 11.6 Å². The molecule has 31 heavy (non-hydrogen) atoms. The molecule has 1 saturated heterocycles. The molecule has 1 aliphatic heterocycles. The van der Waals surface area contributed by atoms with Crippen LogP contribution >= 0.6 is 23.5 Å². The van der Waals surface area contributed by atoms with E-state index in [2.05, 4.69) is 33.7 Å². The molecule has 1 aliphatic rings. The Bertz CT molecular complexity index is 889. The van der Waals surface area contributed by atoms with Crippen LogP contribution in [0.1, 0.15) is 46.0 Å². The molecule has 0 spiro atoms. The number of nitrogens with zero attached hydrogens (tertiary/aromatic N) is 5. The summed E-state index contributed by atoms with van der Waals surface area (Å²) in [6.45, 7) is 6.12. The van der Waals surface area contributed by atoms with Crippen molar-refractivity contribution in [1.82, 2.24) is 15.0 Å². The van der Waals surface area contributed by atoms with Crippen molar-refractivity contribution in [2.75, 3.05) is 29.1 Å². The normalized spacial score (nSPS) is 16.2. The van der Waals surface area contributed by atoms with Crippen LogP contribution in [0.25, 0.3) is 0 Å². The topological polar surface area (TPSA) is 79.3 Å². The third kappa shape index (κ3) is 5.98. The van der Waals surface area contributed by atoms with E-state index in [-0.39, 0.29) is 18.2 Å². The second kappa shape index (κ2) is 11.5. The molecule has 9 heteroatoms. The van der Waals surface area contributed by atoms with Gasteiger partial charge < -0.3 is 4.90 Å². The zero-order valence-electron chi connectivity index (χ0n) is 18.3. The van der Waals surface area contributed by atoms with Crippen LogP contribution in [-0.4, -0.2) is 51.4 Å². The molecule has 1 aromatic carbocycles. The average molecular weight is 460 g/mol. The van der Waals surface area contributed by atoms with Crippen LogP contribution in [0, 0.1) is 0 Å². The minimum atomic E-state index is -0.530. The largest absolute Gasteiger partial charge is 0.341 e. The first kappa shape index (κ1) is 23.5. The Balaban J connectivity index is 1.81. The van der Waals surface area contributed by atoms with Gasteiger partial charge in [0.2, 0.25) is 17.8 Å². The van der Waals surface area contributed by atoms with E-state index in [1.165, 1.54) is 28.4 Å². The molecule has 0 saturated carbocycles. The minimum absolute atomic E-state index is 0.142. The van der Waals surface area contributed by atoms with E-state index in [0.29, 0.717) is 21.9 Å². The number of carbonyl (C=O) groups excluding carboxylic acids is 2. The van der Waals surface area contributed by atoms with E-state index in [9.17, 15) is 9.59 Å². The summed E-state index contributed by atoms with van der Waals surface area (Å²) in [5.41, 5.74) is 0.604. The fraction of sp³-hybridized carbons (Fsp3) is 0.500. The maximum Gasteiger partial charge on any atom is 0.247 e. The predicted molar refractivity (Wildman–Crippen MR) is 127 cm³/mol. The van der Waals surface area contributed by atoms with Gasteiger partial charge >= 0.3 is 0 Å². The highest BCUT2D eigenvalue weighted by Gasteiger charge is 2.40. The van der Waals surface area contributed by atoms with Gasteiger partial charge in [-0.05, 0) is 31.2 Å².